The highest BCUT2D eigenvalue weighted by Gasteiger charge is 2.39. The summed E-state index contributed by atoms with van der Waals surface area (Å²) in [6.45, 7) is 6.19. The van der Waals surface area contributed by atoms with Crippen molar-refractivity contribution in [2.24, 2.45) is 11.8 Å². The lowest BCUT2D eigenvalue weighted by Gasteiger charge is -2.25. The van der Waals surface area contributed by atoms with Gasteiger partial charge in [0.2, 0.25) is 0 Å². The standard InChI is InChI=1S/C15H22O/c1-11-9-13(15(2,3)16)10-14(11)12-7-5-4-6-8-12/h4-8,11,13-14,16H,9-10H2,1-3H3/t11-,13-,14-/m0/s1. The Hall–Kier alpha value is -0.820. The minimum absolute atomic E-state index is 0.438. The van der Waals surface area contributed by atoms with Gasteiger partial charge in [-0.15, -0.1) is 0 Å². The summed E-state index contributed by atoms with van der Waals surface area (Å²) in [6, 6.07) is 10.7. The van der Waals surface area contributed by atoms with E-state index in [1.807, 2.05) is 13.8 Å². The van der Waals surface area contributed by atoms with Crippen LogP contribution in [0.25, 0.3) is 0 Å². The summed E-state index contributed by atoms with van der Waals surface area (Å²) in [6.07, 6.45) is 2.26. The molecule has 88 valence electrons. The highest BCUT2D eigenvalue weighted by atomic mass is 16.3. The first-order chi connectivity index (χ1) is 7.48. The van der Waals surface area contributed by atoms with Gasteiger partial charge in [-0.05, 0) is 50.0 Å². The fraction of sp³-hybridized carbons (Fsp3) is 0.600. The second-order valence-electron chi connectivity index (χ2n) is 5.82. The van der Waals surface area contributed by atoms with Gasteiger partial charge in [0.15, 0.2) is 0 Å². The molecule has 1 aliphatic carbocycles. The molecule has 1 N–H and O–H groups in total. The van der Waals surface area contributed by atoms with Crippen LogP contribution in [0.3, 0.4) is 0 Å². The van der Waals surface area contributed by atoms with Crippen molar-refractivity contribution >= 4 is 0 Å². The minimum Gasteiger partial charge on any atom is -0.390 e. The van der Waals surface area contributed by atoms with E-state index in [2.05, 4.69) is 37.3 Å². The molecule has 0 saturated heterocycles. The third kappa shape index (κ3) is 2.30. The van der Waals surface area contributed by atoms with Gasteiger partial charge in [0, 0.05) is 0 Å². The zero-order chi connectivity index (χ0) is 11.8. The van der Waals surface area contributed by atoms with E-state index in [1.165, 1.54) is 5.56 Å². The van der Waals surface area contributed by atoms with E-state index < -0.39 is 5.60 Å². The molecule has 0 radical (unpaired) electrons. The number of hydrogen-bond acceptors (Lipinski definition) is 1. The van der Waals surface area contributed by atoms with Crippen molar-refractivity contribution in [3.05, 3.63) is 35.9 Å². The quantitative estimate of drug-likeness (QED) is 0.804. The predicted molar refractivity (Wildman–Crippen MR) is 67.4 cm³/mol. The molecule has 16 heavy (non-hydrogen) atoms. The van der Waals surface area contributed by atoms with Gasteiger partial charge in [0.1, 0.15) is 0 Å². The van der Waals surface area contributed by atoms with Crippen LogP contribution in [0.2, 0.25) is 0 Å². The average molecular weight is 218 g/mol. The topological polar surface area (TPSA) is 20.2 Å². The fourth-order valence-electron chi connectivity index (χ4n) is 2.99. The van der Waals surface area contributed by atoms with Crippen LogP contribution in [0.15, 0.2) is 30.3 Å². The average Bonchev–Trinajstić information content (AvgIpc) is 2.61. The lowest BCUT2D eigenvalue weighted by Crippen LogP contribution is -2.28. The molecule has 0 aromatic heterocycles. The molecule has 2 rings (SSSR count). The van der Waals surface area contributed by atoms with Crippen molar-refractivity contribution < 1.29 is 5.11 Å². The van der Waals surface area contributed by atoms with Crippen molar-refractivity contribution in [2.45, 2.75) is 45.1 Å². The Kier molecular flexibility index (Phi) is 3.07. The molecule has 0 aliphatic heterocycles. The van der Waals surface area contributed by atoms with Crippen LogP contribution >= 0.6 is 0 Å². The summed E-state index contributed by atoms with van der Waals surface area (Å²) >= 11 is 0. The summed E-state index contributed by atoms with van der Waals surface area (Å²) in [7, 11) is 0. The van der Waals surface area contributed by atoms with Gasteiger partial charge in [-0.3, -0.25) is 0 Å². The summed E-state index contributed by atoms with van der Waals surface area (Å²) < 4.78 is 0. The van der Waals surface area contributed by atoms with E-state index in [4.69, 9.17) is 0 Å². The van der Waals surface area contributed by atoms with Gasteiger partial charge < -0.3 is 5.11 Å². The Morgan fingerprint density at radius 2 is 1.75 bits per heavy atom. The maximum Gasteiger partial charge on any atom is 0.0620 e. The molecule has 1 aromatic carbocycles. The molecule has 0 amide bonds. The van der Waals surface area contributed by atoms with Gasteiger partial charge in [0.05, 0.1) is 5.60 Å². The van der Waals surface area contributed by atoms with E-state index in [0.29, 0.717) is 17.8 Å². The molecular formula is C15H22O. The summed E-state index contributed by atoms with van der Waals surface area (Å²) in [5.41, 5.74) is 0.902. The molecule has 1 fully saturated rings. The first-order valence-electron chi connectivity index (χ1n) is 6.26. The van der Waals surface area contributed by atoms with Crippen molar-refractivity contribution in [1.82, 2.24) is 0 Å². The van der Waals surface area contributed by atoms with E-state index in [9.17, 15) is 5.11 Å². The van der Waals surface area contributed by atoms with Crippen LogP contribution in [-0.2, 0) is 0 Å². The summed E-state index contributed by atoms with van der Waals surface area (Å²) in [5.74, 6) is 1.74. The van der Waals surface area contributed by atoms with Crippen molar-refractivity contribution in [3.8, 4) is 0 Å². The number of benzene rings is 1. The van der Waals surface area contributed by atoms with Crippen molar-refractivity contribution in [3.63, 3.8) is 0 Å². The van der Waals surface area contributed by atoms with Gasteiger partial charge >= 0.3 is 0 Å². The van der Waals surface area contributed by atoms with Crippen LogP contribution in [0, 0.1) is 11.8 Å². The Morgan fingerprint density at radius 1 is 1.12 bits per heavy atom. The van der Waals surface area contributed by atoms with Crippen LogP contribution in [0.1, 0.15) is 45.1 Å². The molecule has 0 heterocycles. The predicted octanol–water partition coefficient (Wildman–Crippen LogP) is 3.59. The second kappa shape index (κ2) is 4.21. The first kappa shape index (κ1) is 11.7. The molecule has 0 unspecified atom stereocenters. The fourth-order valence-corrected chi connectivity index (χ4v) is 2.99. The monoisotopic (exact) mass is 218 g/mol. The Morgan fingerprint density at radius 3 is 2.25 bits per heavy atom. The highest BCUT2D eigenvalue weighted by Crippen LogP contribution is 2.46. The lowest BCUT2D eigenvalue weighted by molar-refractivity contribution is 0.0182. The number of aliphatic hydroxyl groups is 1. The molecule has 1 aliphatic rings. The van der Waals surface area contributed by atoms with Crippen LogP contribution in [0.5, 0.6) is 0 Å². The third-order valence-electron chi connectivity index (χ3n) is 4.11. The van der Waals surface area contributed by atoms with E-state index in [0.717, 1.165) is 12.8 Å². The first-order valence-corrected chi connectivity index (χ1v) is 6.26. The number of rotatable bonds is 2. The Labute approximate surface area is 98.5 Å². The molecule has 1 saturated carbocycles. The van der Waals surface area contributed by atoms with Gasteiger partial charge in [-0.1, -0.05) is 37.3 Å². The van der Waals surface area contributed by atoms with Gasteiger partial charge in [-0.25, -0.2) is 0 Å². The smallest absolute Gasteiger partial charge is 0.0620 e. The Balaban J connectivity index is 2.15. The zero-order valence-electron chi connectivity index (χ0n) is 10.5. The molecule has 0 bridgehead atoms. The molecule has 3 atom stereocenters. The zero-order valence-corrected chi connectivity index (χ0v) is 10.5. The number of hydrogen-bond donors (Lipinski definition) is 1. The maximum absolute atomic E-state index is 10.1. The lowest BCUT2D eigenvalue weighted by atomic mass is 9.87. The van der Waals surface area contributed by atoms with Crippen LogP contribution < -0.4 is 0 Å². The molecule has 0 spiro atoms. The van der Waals surface area contributed by atoms with E-state index in [1.54, 1.807) is 0 Å². The van der Waals surface area contributed by atoms with Crippen molar-refractivity contribution in [2.75, 3.05) is 0 Å². The molecule has 1 aromatic rings. The third-order valence-corrected chi connectivity index (χ3v) is 4.11. The van der Waals surface area contributed by atoms with Gasteiger partial charge in [-0.2, -0.15) is 0 Å². The Bertz CT molecular complexity index is 336. The minimum atomic E-state index is -0.530. The van der Waals surface area contributed by atoms with E-state index in [-0.39, 0.29) is 0 Å². The molecule has 1 heteroatoms. The maximum atomic E-state index is 10.1. The van der Waals surface area contributed by atoms with Crippen molar-refractivity contribution in [1.29, 1.82) is 0 Å². The van der Waals surface area contributed by atoms with Crippen LogP contribution in [-0.4, -0.2) is 10.7 Å². The highest BCUT2D eigenvalue weighted by molar-refractivity contribution is 5.22. The van der Waals surface area contributed by atoms with Gasteiger partial charge in [0.25, 0.3) is 0 Å². The summed E-state index contributed by atoms with van der Waals surface area (Å²) in [4.78, 5) is 0. The SMILES string of the molecule is C[C@H]1C[C@H](C(C)(C)O)C[C@@H]1c1ccccc1. The molecule has 1 nitrogen and oxygen atoms in total. The normalized spacial score (nSPS) is 30.6. The van der Waals surface area contributed by atoms with E-state index >= 15 is 0 Å². The summed E-state index contributed by atoms with van der Waals surface area (Å²) in [5, 5.41) is 10.1. The van der Waals surface area contributed by atoms with Crippen LogP contribution in [0.4, 0.5) is 0 Å². The second-order valence-corrected chi connectivity index (χ2v) is 5.82. The largest absolute Gasteiger partial charge is 0.390 e. The molecular weight excluding hydrogens is 196 g/mol.